The van der Waals surface area contributed by atoms with E-state index in [1.807, 2.05) is 4.90 Å². The van der Waals surface area contributed by atoms with E-state index in [9.17, 15) is 18.0 Å². The Balaban J connectivity index is 1.19. The van der Waals surface area contributed by atoms with Crippen LogP contribution in [0.5, 0.6) is 0 Å². The van der Waals surface area contributed by atoms with Crippen LogP contribution in [0.4, 0.5) is 0 Å². The Labute approximate surface area is 203 Å². The van der Waals surface area contributed by atoms with E-state index in [-0.39, 0.29) is 22.8 Å². The second-order valence-corrected chi connectivity index (χ2v) is 11.6. The topological polar surface area (TPSA) is 96.0 Å². The summed E-state index contributed by atoms with van der Waals surface area (Å²) in [7, 11) is -3.50. The summed E-state index contributed by atoms with van der Waals surface area (Å²) in [5.74, 6) is 0.515. The summed E-state index contributed by atoms with van der Waals surface area (Å²) in [6.45, 7) is 3.03. The molecule has 0 spiro atoms. The Hall–Kier alpha value is -1.97. The summed E-state index contributed by atoms with van der Waals surface area (Å²) in [6, 6.07) is 6.93. The number of sulfonamides is 1. The second-order valence-electron chi connectivity index (χ2n) is 9.66. The molecule has 0 aromatic heterocycles. The Morgan fingerprint density at radius 1 is 0.912 bits per heavy atom. The minimum Gasteiger partial charge on any atom is -0.379 e. The number of rotatable bonds is 7. The predicted octanol–water partition coefficient (Wildman–Crippen LogP) is 2.33. The molecule has 2 saturated heterocycles. The van der Waals surface area contributed by atoms with Crippen molar-refractivity contribution in [1.29, 1.82) is 0 Å². The molecule has 4 rings (SSSR count). The van der Waals surface area contributed by atoms with Crippen LogP contribution in [-0.4, -0.2) is 74.9 Å². The number of aryl methyl sites for hydroxylation is 1. The Morgan fingerprint density at radius 3 is 2.21 bits per heavy atom. The second kappa shape index (κ2) is 11.6. The number of nitrogens with zero attached hydrogens (tertiary/aromatic N) is 2. The minimum absolute atomic E-state index is 0.00192. The number of benzene rings is 1. The number of carbonyl (C=O) groups is 2. The van der Waals surface area contributed by atoms with Gasteiger partial charge in [0.25, 0.3) is 0 Å². The molecule has 8 nitrogen and oxygen atoms in total. The van der Waals surface area contributed by atoms with Gasteiger partial charge in [-0.3, -0.25) is 9.59 Å². The van der Waals surface area contributed by atoms with E-state index in [2.05, 4.69) is 5.32 Å². The summed E-state index contributed by atoms with van der Waals surface area (Å²) in [6.07, 6.45) is 8.14. The van der Waals surface area contributed by atoms with Crippen molar-refractivity contribution >= 4 is 21.8 Å². The number of hydrogen-bond donors (Lipinski definition) is 1. The SMILES string of the molecule is O=C(CCc1ccc(S(=O)(=O)N2CCOCC2)cc1)NC1CCN(C(=O)C2CCCCC2)CC1. The highest BCUT2D eigenvalue weighted by Crippen LogP contribution is 2.26. The molecule has 0 atom stereocenters. The zero-order valence-electron chi connectivity index (χ0n) is 19.9. The van der Waals surface area contributed by atoms with Crippen LogP contribution in [0.3, 0.4) is 0 Å². The van der Waals surface area contributed by atoms with Crippen LogP contribution < -0.4 is 5.32 Å². The van der Waals surface area contributed by atoms with E-state index in [4.69, 9.17) is 4.74 Å². The third kappa shape index (κ3) is 6.37. The number of likely N-dealkylation sites (tertiary alicyclic amines) is 1. The number of carbonyl (C=O) groups excluding carboxylic acids is 2. The molecule has 2 heterocycles. The van der Waals surface area contributed by atoms with Crippen molar-refractivity contribution < 1.29 is 22.7 Å². The Bertz CT molecular complexity index is 930. The van der Waals surface area contributed by atoms with E-state index >= 15 is 0 Å². The highest BCUT2D eigenvalue weighted by atomic mass is 32.2. The maximum Gasteiger partial charge on any atom is 0.243 e. The Morgan fingerprint density at radius 2 is 1.56 bits per heavy atom. The lowest BCUT2D eigenvalue weighted by molar-refractivity contribution is -0.137. The zero-order chi connectivity index (χ0) is 24.0. The van der Waals surface area contributed by atoms with Gasteiger partial charge < -0.3 is 15.0 Å². The quantitative estimate of drug-likeness (QED) is 0.632. The van der Waals surface area contributed by atoms with Crippen LogP contribution in [0.25, 0.3) is 0 Å². The van der Waals surface area contributed by atoms with Gasteiger partial charge in [-0.1, -0.05) is 31.4 Å². The van der Waals surface area contributed by atoms with E-state index < -0.39 is 10.0 Å². The molecule has 1 aromatic rings. The van der Waals surface area contributed by atoms with Gasteiger partial charge in [0, 0.05) is 44.6 Å². The van der Waals surface area contributed by atoms with Crippen LogP contribution in [-0.2, 0) is 30.8 Å². The van der Waals surface area contributed by atoms with E-state index in [0.717, 1.165) is 57.2 Å². The Kier molecular flexibility index (Phi) is 8.60. The van der Waals surface area contributed by atoms with Crippen molar-refractivity contribution in [3.63, 3.8) is 0 Å². The fourth-order valence-corrected chi connectivity index (χ4v) is 6.58. The number of nitrogens with one attached hydrogen (secondary N) is 1. The van der Waals surface area contributed by atoms with Crippen LogP contribution in [0, 0.1) is 5.92 Å². The first-order valence-electron chi connectivity index (χ1n) is 12.7. The molecule has 34 heavy (non-hydrogen) atoms. The molecular weight excluding hydrogens is 454 g/mol. The molecule has 9 heteroatoms. The molecule has 3 aliphatic rings. The number of hydrogen-bond acceptors (Lipinski definition) is 5. The fraction of sp³-hybridized carbons (Fsp3) is 0.680. The summed E-state index contributed by atoms with van der Waals surface area (Å²) >= 11 is 0. The van der Waals surface area contributed by atoms with Crippen LogP contribution in [0.2, 0.25) is 0 Å². The molecule has 0 radical (unpaired) electrons. The molecule has 1 aromatic carbocycles. The molecular formula is C25H37N3O5S. The average Bonchev–Trinajstić information content (AvgIpc) is 2.89. The number of amides is 2. The average molecular weight is 492 g/mol. The number of morpholine rings is 1. The molecule has 188 valence electrons. The monoisotopic (exact) mass is 491 g/mol. The highest BCUT2D eigenvalue weighted by molar-refractivity contribution is 7.89. The molecule has 1 N–H and O–H groups in total. The van der Waals surface area contributed by atoms with Crippen molar-refractivity contribution in [2.24, 2.45) is 5.92 Å². The zero-order valence-corrected chi connectivity index (χ0v) is 20.7. The standard InChI is InChI=1S/C25H37N3O5S/c29-24(26-22-12-14-27(15-13-22)25(30)21-4-2-1-3-5-21)11-8-20-6-9-23(10-7-20)34(31,32)28-16-18-33-19-17-28/h6-7,9-10,21-22H,1-5,8,11-19H2,(H,26,29). The first-order chi connectivity index (χ1) is 16.4. The van der Waals surface area contributed by atoms with Gasteiger partial charge in [-0.15, -0.1) is 0 Å². The third-order valence-corrected chi connectivity index (χ3v) is 9.21. The summed E-state index contributed by atoms with van der Waals surface area (Å²) in [5, 5.41) is 3.12. The molecule has 0 unspecified atom stereocenters. The van der Waals surface area contributed by atoms with Crippen LogP contribution in [0.15, 0.2) is 29.2 Å². The normalized spacial score (nSPS) is 21.4. The summed E-state index contributed by atoms with van der Waals surface area (Å²) in [4.78, 5) is 27.5. The van der Waals surface area contributed by atoms with Gasteiger partial charge in [-0.25, -0.2) is 8.42 Å². The van der Waals surface area contributed by atoms with E-state index in [1.54, 1.807) is 24.3 Å². The summed E-state index contributed by atoms with van der Waals surface area (Å²) in [5.41, 5.74) is 0.934. The van der Waals surface area contributed by atoms with Crippen molar-refractivity contribution in [3.05, 3.63) is 29.8 Å². The lowest BCUT2D eigenvalue weighted by atomic mass is 9.87. The van der Waals surface area contributed by atoms with Gasteiger partial charge >= 0.3 is 0 Å². The first-order valence-corrected chi connectivity index (χ1v) is 14.1. The molecule has 1 saturated carbocycles. The lowest BCUT2D eigenvalue weighted by Gasteiger charge is -2.35. The van der Waals surface area contributed by atoms with Gasteiger partial charge in [-0.2, -0.15) is 4.31 Å². The number of ether oxygens (including phenoxy) is 1. The summed E-state index contributed by atoms with van der Waals surface area (Å²) < 4.78 is 32.1. The minimum atomic E-state index is -3.50. The van der Waals surface area contributed by atoms with E-state index in [1.165, 1.54) is 10.7 Å². The highest BCUT2D eigenvalue weighted by Gasteiger charge is 2.29. The largest absolute Gasteiger partial charge is 0.379 e. The third-order valence-electron chi connectivity index (χ3n) is 7.30. The molecule has 1 aliphatic carbocycles. The maximum absolute atomic E-state index is 12.7. The van der Waals surface area contributed by atoms with Crippen molar-refractivity contribution in [3.8, 4) is 0 Å². The first kappa shape index (κ1) is 25.1. The lowest BCUT2D eigenvalue weighted by Crippen LogP contribution is -2.48. The molecule has 0 bridgehead atoms. The predicted molar refractivity (Wildman–Crippen MR) is 129 cm³/mol. The van der Waals surface area contributed by atoms with E-state index in [0.29, 0.717) is 45.1 Å². The fourth-order valence-electron chi connectivity index (χ4n) is 5.17. The van der Waals surface area contributed by atoms with Gasteiger partial charge in [0.15, 0.2) is 0 Å². The maximum atomic E-state index is 12.7. The van der Waals surface area contributed by atoms with Crippen molar-refractivity contribution in [2.45, 2.75) is 68.7 Å². The van der Waals surface area contributed by atoms with Crippen molar-refractivity contribution in [1.82, 2.24) is 14.5 Å². The van der Waals surface area contributed by atoms with Gasteiger partial charge in [0.05, 0.1) is 18.1 Å². The van der Waals surface area contributed by atoms with Crippen LogP contribution in [0.1, 0.15) is 56.9 Å². The molecule has 2 amide bonds. The van der Waals surface area contributed by atoms with Gasteiger partial charge in [-0.05, 0) is 49.8 Å². The molecule has 3 fully saturated rings. The smallest absolute Gasteiger partial charge is 0.243 e. The van der Waals surface area contributed by atoms with Gasteiger partial charge in [0.1, 0.15) is 0 Å². The molecule has 2 aliphatic heterocycles. The number of piperidine rings is 1. The van der Waals surface area contributed by atoms with Crippen molar-refractivity contribution in [2.75, 3.05) is 39.4 Å². The van der Waals surface area contributed by atoms with Crippen LogP contribution >= 0.6 is 0 Å². The van der Waals surface area contributed by atoms with Gasteiger partial charge in [0.2, 0.25) is 21.8 Å².